The Balaban J connectivity index is 2.60. The molecule has 1 aliphatic rings. The van der Waals surface area contributed by atoms with Crippen molar-refractivity contribution in [2.45, 2.75) is 32.5 Å². The zero-order valence-electron chi connectivity index (χ0n) is 8.90. The third kappa shape index (κ3) is 2.45. The zero-order valence-corrected chi connectivity index (χ0v) is 8.90. The van der Waals surface area contributed by atoms with Gasteiger partial charge in [-0.05, 0) is 12.3 Å². The average Bonchev–Trinajstić information content (AvgIpc) is 2.49. The van der Waals surface area contributed by atoms with Crippen molar-refractivity contribution in [3.63, 3.8) is 0 Å². The molecular weight excluding hydrogens is 184 g/mol. The fourth-order valence-electron chi connectivity index (χ4n) is 1.79. The van der Waals surface area contributed by atoms with Crippen molar-refractivity contribution in [1.29, 1.82) is 0 Å². The Bertz CT molecular complexity index is 202. The summed E-state index contributed by atoms with van der Waals surface area (Å²) in [5, 5.41) is 8.97. The van der Waals surface area contributed by atoms with Crippen molar-refractivity contribution < 1.29 is 19.4 Å². The first-order valence-corrected chi connectivity index (χ1v) is 4.93. The van der Waals surface area contributed by atoms with Gasteiger partial charge in [-0.25, -0.2) is 0 Å². The highest BCUT2D eigenvalue weighted by Gasteiger charge is 2.40. The van der Waals surface area contributed by atoms with E-state index in [0.29, 0.717) is 18.9 Å². The predicted molar refractivity (Wildman–Crippen MR) is 51.1 cm³/mol. The van der Waals surface area contributed by atoms with Crippen LogP contribution in [-0.4, -0.2) is 37.0 Å². The van der Waals surface area contributed by atoms with E-state index in [9.17, 15) is 4.79 Å². The van der Waals surface area contributed by atoms with Gasteiger partial charge in [0.1, 0.15) is 0 Å². The predicted octanol–water partition coefficient (Wildman–Crippen LogP) is 1.15. The highest BCUT2D eigenvalue weighted by atomic mass is 16.5. The Kier molecular flexibility index (Phi) is 3.89. The summed E-state index contributed by atoms with van der Waals surface area (Å²) < 4.78 is 10.6. The van der Waals surface area contributed by atoms with Gasteiger partial charge in [0.25, 0.3) is 0 Å². The van der Waals surface area contributed by atoms with Crippen LogP contribution in [0.15, 0.2) is 0 Å². The van der Waals surface area contributed by atoms with Crippen molar-refractivity contribution in [1.82, 2.24) is 0 Å². The maximum absolute atomic E-state index is 10.9. The molecule has 3 atom stereocenters. The molecule has 0 spiro atoms. The van der Waals surface area contributed by atoms with Crippen LogP contribution in [0, 0.1) is 11.8 Å². The van der Waals surface area contributed by atoms with Crippen LogP contribution in [0.4, 0.5) is 0 Å². The van der Waals surface area contributed by atoms with Crippen LogP contribution in [-0.2, 0) is 14.3 Å². The van der Waals surface area contributed by atoms with E-state index in [2.05, 4.69) is 0 Å². The second kappa shape index (κ2) is 4.75. The number of aliphatic carboxylic acids is 1. The number of ether oxygens (including phenoxy) is 2. The second-order valence-corrected chi connectivity index (χ2v) is 4.09. The summed E-state index contributed by atoms with van der Waals surface area (Å²) in [6.45, 7) is 4.44. The van der Waals surface area contributed by atoms with Crippen molar-refractivity contribution in [2.24, 2.45) is 11.8 Å². The van der Waals surface area contributed by atoms with Gasteiger partial charge >= 0.3 is 5.97 Å². The smallest absolute Gasteiger partial charge is 0.309 e. The summed E-state index contributed by atoms with van der Waals surface area (Å²) in [5.41, 5.74) is 0. The largest absolute Gasteiger partial charge is 0.481 e. The topological polar surface area (TPSA) is 55.8 Å². The molecule has 14 heavy (non-hydrogen) atoms. The van der Waals surface area contributed by atoms with Crippen LogP contribution in [0.3, 0.4) is 0 Å². The fraction of sp³-hybridized carbons (Fsp3) is 0.900. The number of methoxy groups -OCH3 is 1. The highest BCUT2D eigenvalue weighted by molar-refractivity contribution is 5.71. The summed E-state index contributed by atoms with van der Waals surface area (Å²) >= 11 is 0. The lowest BCUT2D eigenvalue weighted by atomic mass is 9.95. The molecule has 0 aromatic carbocycles. The van der Waals surface area contributed by atoms with E-state index in [-0.39, 0.29) is 12.2 Å². The van der Waals surface area contributed by atoms with Gasteiger partial charge in [-0.3, -0.25) is 4.79 Å². The van der Waals surface area contributed by atoms with Crippen LogP contribution in [0.1, 0.15) is 20.3 Å². The molecule has 0 aliphatic carbocycles. The summed E-state index contributed by atoms with van der Waals surface area (Å²) in [6.07, 6.45) is 0.363. The van der Waals surface area contributed by atoms with Crippen molar-refractivity contribution >= 4 is 5.97 Å². The van der Waals surface area contributed by atoms with Gasteiger partial charge in [0, 0.05) is 7.11 Å². The molecule has 1 N–H and O–H groups in total. The summed E-state index contributed by atoms with van der Waals surface area (Å²) in [6, 6.07) is 0. The lowest BCUT2D eigenvalue weighted by Crippen LogP contribution is -2.27. The molecule has 0 radical (unpaired) electrons. The molecule has 0 aromatic heterocycles. The first kappa shape index (κ1) is 11.5. The minimum Gasteiger partial charge on any atom is -0.481 e. The highest BCUT2D eigenvalue weighted by Crippen LogP contribution is 2.30. The van der Waals surface area contributed by atoms with Crippen LogP contribution in [0.5, 0.6) is 0 Å². The average molecular weight is 202 g/mol. The van der Waals surface area contributed by atoms with Crippen molar-refractivity contribution in [3.05, 3.63) is 0 Å². The van der Waals surface area contributed by atoms with E-state index in [4.69, 9.17) is 14.6 Å². The van der Waals surface area contributed by atoms with Crippen LogP contribution in [0.25, 0.3) is 0 Å². The Morgan fingerprint density at radius 1 is 1.64 bits per heavy atom. The first-order chi connectivity index (χ1) is 6.56. The van der Waals surface area contributed by atoms with Crippen LogP contribution < -0.4 is 0 Å². The number of carboxylic acids is 1. The molecule has 82 valence electrons. The third-order valence-electron chi connectivity index (χ3n) is 2.68. The van der Waals surface area contributed by atoms with E-state index >= 15 is 0 Å². The van der Waals surface area contributed by atoms with Gasteiger partial charge in [0.05, 0.1) is 24.7 Å². The Morgan fingerprint density at radius 2 is 2.29 bits per heavy atom. The molecule has 1 aliphatic heterocycles. The Hall–Kier alpha value is -0.610. The Morgan fingerprint density at radius 3 is 2.71 bits per heavy atom. The quantitative estimate of drug-likeness (QED) is 0.743. The zero-order chi connectivity index (χ0) is 10.7. The fourth-order valence-corrected chi connectivity index (χ4v) is 1.79. The number of hydrogen-bond acceptors (Lipinski definition) is 3. The molecule has 1 rings (SSSR count). The van der Waals surface area contributed by atoms with Gasteiger partial charge in [0.15, 0.2) is 0 Å². The lowest BCUT2D eigenvalue weighted by molar-refractivity contribution is -0.144. The second-order valence-electron chi connectivity index (χ2n) is 4.09. The maximum atomic E-state index is 10.9. The van der Waals surface area contributed by atoms with E-state index in [1.165, 1.54) is 0 Å². The van der Waals surface area contributed by atoms with Gasteiger partial charge in [-0.1, -0.05) is 13.8 Å². The van der Waals surface area contributed by atoms with Crippen LogP contribution in [0.2, 0.25) is 0 Å². The summed E-state index contributed by atoms with van der Waals surface area (Å²) in [7, 11) is 1.56. The van der Waals surface area contributed by atoms with Crippen molar-refractivity contribution in [2.75, 3.05) is 13.7 Å². The van der Waals surface area contributed by atoms with Gasteiger partial charge in [0.2, 0.25) is 0 Å². The first-order valence-electron chi connectivity index (χ1n) is 4.93. The summed E-state index contributed by atoms with van der Waals surface area (Å²) in [4.78, 5) is 10.9. The molecular formula is C10H18O4. The SMILES string of the molecule is COCC1OC(C(C)C)CC1C(=O)O. The normalized spacial score (nSPS) is 32.4. The number of rotatable bonds is 4. The minimum absolute atomic E-state index is 0.0521. The third-order valence-corrected chi connectivity index (χ3v) is 2.68. The van der Waals surface area contributed by atoms with Crippen LogP contribution >= 0.6 is 0 Å². The molecule has 4 heteroatoms. The monoisotopic (exact) mass is 202 g/mol. The molecule has 0 amide bonds. The molecule has 0 bridgehead atoms. The summed E-state index contributed by atoms with van der Waals surface area (Å²) in [5.74, 6) is -0.837. The van der Waals surface area contributed by atoms with Gasteiger partial charge < -0.3 is 14.6 Å². The van der Waals surface area contributed by atoms with Gasteiger partial charge in [-0.2, -0.15) is 0 Å². The molecule has 1 heterocycles. The molecule has 1 fully saturated rings. The maximum Gasteiger partial charge on any atom is 0.309 e. The van der Waals surface area contributed by atoms with E-state index in [0.717, 1.165) is 0 Å². The van der Waals surface area contributed by atoms with Gasteiger partial charge in [-0.15, -0.1) is 0 Å². The molecule has 3 unspecified atom stereocenters. The minimum atomic E-state index is -0.782. The molecule has 0 saturated carbocycles. The Labute approximate surface area is 84.2 Å². The standard InChI is InChI=1S/C10H18O4/c1-6(2)8-4-7(10(11)12)9(14-8)5-13-3/h6-9H,4-5H2,1-3H3,(H,11,12). The van der Waals surface area contributed by atoms with E-state index in [1.807, 2.05) is 13.8 Å². The molecule has 0 aromatic rings. The van der Waals surface area contributed by atoms with E-state index < -0.39 is 11.9 Å². The van der Waals surface area contributed by atoms with Crippen molar-refractivity contribution in [3.8, 4) is 0 Å². The molecule has 1 saturated heterocycles. The van der Waals surface area contributed by atoms with E-state index in [1.54, 1.807) is 7.11 Å². The lowest BCUT2D eigenvalue weighted by Gasteiger charge is -2.16. The number of hydrogen-bond donors (Lipinski definition) is 1. The molecule has 4 nitrogen and oxygen atoms in total. The number of carbonyl (C=O) groups is 1. The number of carboxylic acid groups (broad SMARTS) is 1.